The van der Waals surface area contributed by atoms with Crippen LogP contribution in [0.5, 0.6) is 0 Å². The third kappa shape index (κ3) is 3.95. The zero-order valence-corrected chi connectivity index (χ0v) is 17.0. The molecule has 3 aromatic rings. The zero-order valence-electron chi connectivity index (χ0n) is 17.0. The summed E-state index contributed by atoms with van der Waals surface area (Å²) < 4.78 is 6.55. The number of benzene rings is 2. The molecular formula is C22H23N5O3. The molecule has 1 amide bonds. The third-order valence-electron chi connectivity index (χ3n) is 5.16. The molecule has 0 saturated carbocycles. The number of morpholine rings is 1. The Labute approximate surface area is 173 Å². The number of anilines is 1. The number of rotatable bonds is 4. The Bertz CT molecular complexity index is 1160. The third-order valence-corrected chi connectivity index (χ3v) is 5.16. The van der Waals surface area contributed by atoms with Crippen molar-refractivity contribution in [1.82, 2.24) is 15.2 Å². The predicted octanol–water partition coefficient (Wildman–Crippen LogP) is 1.92. The number of hydrogen-bond donors (Lipinski definition) is 1. The van der Waals surface area contributed by atoms with Gasteiger partial charge in [-0.15, -0.1) is 0 Å². The van der Waals surface area contributed by atoms with E-state index in [2.05, 4.69) is 20.5 Å². The Hall–Kier alpha value is -3.52. The number of ether oxygens (including phenoxy) is 1. The van der Waals surface area contributed by atoms with Crippen LogP contribution in [0.15, 0.2) is 58.4 Å². The molecule has 1 aromatic heterocycles. The molecule has 0 spiro atoms. The van der Waals surface area contributed by atoms with Crippen LogP contribution in [0, 0.1) is 0 Å². The molecule has 8 nitrogen and oxygen atoms in total. The van der Waals surface area contributed by atoms with Gasteiger partial charge < -0.3 is 9.64 Å². The van der Waals surface area contributed by atoms with Crippen LogP contribution >= 0.6 is 0 Å². The van der Waals surface area contributed by atoms with E-state index in [-0.39, 0.29) is 11.3 Å². The van der Waals surface area contributed by atoms with E-state index in [1.54, 1.807) is 24.3 Å². The molecule has 2 aromatic carbocycles. The van der Waals surface area contributed by atoms with Crippen LogP contribution in [-0.2, 0) is 11.8 Å². The number of hydrogen-bond acceptors (Lipinski definition) is 6. The van der Waals surface area contributed by atoms with Gasteiger partial charge in [-0.1, -0.05) is 30.3 Å². The summed E-state index contributed by atoms with van der Waals surface area (Å²) in [6, 6.07) is 15.0. The SMILES string of the molecule is C/C(=N/NC(=O)c1nn(C)c(=O)c2ccccc12)c1ccc(N2CCOCC2)cc1. The van der Waals surface area contributed by atoms with Gasteiger partial charge in [0.2, 0.25) is 0 Å². The molecule has 1 fully saturated rings. The number of hydrazone groups is 1. The highest BCUT2D eigenvalue weighted by atomic mass is 16.5. The zero-order chi connectivity index (χ0) is 21.1. The van der Waals surface area contributed by atoms with E-state index in [9.17, 15) is 9.59 Å². The van der Waals surface area contributed by atoms with Crippen LogP contribution < -0.4 is 15.9 Å². The number of aromatic nitrogens is 2. The van der Waals surface area contributed by atoms with Gasteiger partial charge in [0.05, 0.1) is 24.3 Å². The summed E-state index contributed by atoms with van der Waals surface area (Å²) in [6.45, 7) is 5.06. The summed E-state index contributed by atoms with van der Waals surface area (Å²) in [5.74, 6) is -0.467. The number of nitrogens with one attached hydrogen (secondary N) is 1. The fourth-order valence-electron chi connectivity index (χ4n) is 3.45. The fourth-order valence-corrected chi connectivity index (χ4v) is 3.45. The lowest BCUT2D eigenvalue weighted by Crippen LogP contribution is -2.36. The van der Waals surface area contributed by atoms with Crippen molar-refractivity contribution in [2.75, 3.05) is 31.2 Å². The first-order valence-corrected chi connectivity index (χ1v) is 9.78. The molecule has 1 aliphatic rings. The Balaban J connectivity index is 1.52. The monoisotopic (exact) mass is 405 g/mol. The number of amides is 1. The van der Waals surface area contributed by atoms with Crippen molar-refractivity contribution in [3.8, 4) is 0 Å². The number of aryl methyl sites for hydroxylation is 1. The first-order valence-electron chi connectivity index (χ1n) is 9.78. The summed E-state index contributed by atoms with van der Waals surface area (Å²) in [4.78, 5) is 27.2. The molecule has 0 radical (unpaired) electrons. The minimum atomic E-state index is -0.467. The van der Waals surface area contributed by atoms with Crippen LogP contribution in [0.2, 0.25) is 0 Å². The lowest BCUT2D eigenvalue weighted by atomic mass is 10.1. The van der Waals surface area contributed by atoms with Crippen LogP contribution in [0.4, 0.5) is 5.69 Å². The molecule has 1 aliphatic heterocycles. The average Bonchev–Trinajstić information content (AvgIpc) is 2.80. The van der Waals surface area contributed by atoms with Crippen LogP contribution in [0.3, 0.4) is 0 Å². The molecule has 4 rings (SSSR count). The molecule has 30 heavy (non-hydrogen) atoms. The van der Waals surface area contributed by atoms with Gasteiger partial charge in [0.15, 0.2) is 5.69 Å². The molecule has 1 N–H and O–H groups in total. The molecule has 1 saturated heterocycles. The van der Waals surface area contributed by atoms with E-state index < -0.39 is 5.91 Å². The normalized spacial score (nSPS) is 14.7. The van der Waals surface area contributed by atoms with Gasteiger partial charge in [0.25, 0.3) is 11.5 Å². The van der Waals surface area contributed by atoms with Crippen LogP contribution in [0.1, 0.15) is 23.0 Å². The van der Waals surface area contributed by atoms with E-state index in [4.69, 9.17) is 4.74 Å². The summed E-state index contributed by atoms with van der Waals surface area (Å²) >= 11 is 0. The first-order chi connectivity index (χ1) is 14.5. The van der Waals surface area contributed by atoms with E-state index >= 15 is 0 Å². The second-order valence-electron chi connectivity index (χ2n) is 7.11. The Morgan fingerprint density at radius 1 is 1.07 bits per heavy atom. The van der Waals surface area contributed by atoms with Crippen molar-refractivity contribution in [3.05, 3.63) is 70.1 Å². The Morgan fingerprint density at radius 2 is 1.73 bits per heavy atom. The van der Waals surface area contributed by atoms with Crippen LogP contribution in [-0.4, -0.2) is 47.7 Å². The van der Waals surface area contributed by atoms with E-state index in [0.717, 1.165) is 42.2 Å². The second kappa shape index (κ2) is 8.46. The van der Waals surface area contributed by atoms with Gasteiger partial charge >= 0.3 is 0 Å². The van der Waals surface area contributed by atoms with Gasteiger partial charge in [0.1, 0.15) is 0 Å². The lowest BCUT2D eigenvalue weighted by Gasteiger charge is -2.28. The fraction of sp³-hybridized carbons (Fsp3) is 0.273. The summed E-state index contributed by atoms with van der Waals surface area (Å²) in [6.07, 6.45) is 0. The molecule has 0 aliphatic carbocycles. The lowest BCUT2D eigenvalue weighted by molar-refractivity contribution is 0.0949. The maximum atomic E-state index is 12.7. The highest BCUT2D eigenvalue weighted by Gasteiger charge is 2.15. The van der Waals surface area contributed by atoms with Crippen molar-refractivity contribution in [3.63, 3.8) is 0 Å². The van der Waals surface area contributed by atoms with E-state index in [0.29, 0.717) is 16.5 Å². The highest BCUT2D eigenvalue weighted by molar-refractivity contribution is 6.06. The van der Waals surface area contributed by atoms with Crippen molar-refractivity contribution in [1.29, 1.82) is 0 Å². The Morgan fingerprint density at radius 3 is 2.43 bits per heavy atom. The minimum Gasteiger partial charge on any atom is -0.378 e. The predicted molar refractivity (Wildman–Crippen MR) is 116 cm³/mol. The minimum absolute atomic E-state index is 0.159. The van der Waals surface area contributed by atoms with Gasteiger partial charge in [-0.2, -0.15) is 10.2 Å². The smallest absolute Gasteiger partial charge is 0.292 e. The molecule has 8 heteroatoms. The maximum Gasteiger partial charge on any atom is 0.292 e. The van der Waals surface area contributed by atoms with Crippen molar-refractivity contribution < 1.29 is 9.53 Å². The summed E-state index contributed by atoms with van der Waals surface area (Å²) in [5, 5.41) is 9.29. The number of carbonyl (C=O) groups excluding carboxylic acids is 1. The maximum absolute atomic E-state index is 12.7. The standard InChI is InChI=1S/C22H23N5O3/c1-15(16-7-9-17(10-8-16)27-11-13-30-14-12-27)23-24-21(28)20-18-5-3-4-6-19(18)22(29)26(2)25-20/h3-10H,11-14H2,1-2H3,(H,24,28)/b23-15-. The molecule has 2 heterocycles. The number of nitrogens with zero attached hydrogens (tertiary/aromatic N) is 4. The van der Waals surface area contributed by atoms with Crippen molar-refractivity contribution in [2.24, 2.45) is 12.1 Å². The molecule has 154 valence electrons. The van der Waals surface area contributed by atoms with Crippen LogP contribution in [0.25, 0.3) is 10.8 Å². The molecule has 0 unspecified atom stereocenters. The molecule has 0 atom stereocenters. The average molecular weight is 405 g/mol. The van der Waals surface area contributed by atoms with Crippen molar-refractivity contribution >= 4 is 28.1 Å². The molecular weight excluding hydrogens is 382 g/mol. The Kier molecular flexibility index (Phi) is 5.58. The topological polar surface area (TPSA) is 88.8 Å². The van der Waals surface area contributed by atoms with Crippen molar-refractivity contribution in [2.45, 2.75) is 6.92 Å². The number of carbonyl (C=O) groups is 1. The summed E-state index contributed by atoms with van der Waals surface area (Å²) in [7, 11) is 1.52. The summed E-state index contributed by atoms with van der Waals surface area (Å²) in [5.41, 5.74) is 5.19. The van der Waals surface area contributed by atoms with E-state index in [1.807, 2.05) is 31.2 Å². The van der Waals surface area contributed by atoms with Gasteiger partial charge in [0, 0.05) is 31.2 Å². The van der Waals surface area contributed by atoms with Gasteiger partial charge in [-0.25, -0.2) is 10.1 Å². The largest absolute Gasteiger partial charge is 0.378 e. The van der Waals surface area contributed by atoms with E-state index in [1.165, 1.54) is 7.05 Å². The van der Waals surface area contributed by atoms with Gasteiger partial charge in [-0.3, -0.25) is 9.59 Å². The number of fused-ring (bicyclic) bond motifs is 1. The van der Waals surface area contributed by atoms with Gasteiger partial charge in [-0.05, 0) is 30.7 Å². The quantitative estimate of drug-likeness (QED) is 0.529. The second-order valence-corrected chi connectivity index (χ2v) is 7.11. The highest BCUT2D eigenvalue weighted by Crippen LogP contribution is 2.17. The first kappa shape index (κ1) is 19.8. The molecule has 0 bridgehead atoms.